The number of hydrogen-bond donors (Lipinski definition) is 2. The zero-order valence-corrected chi connectivity index (χ0v) is 12.5. The third kappa shape index (κ3) is 4.72. The third-order valence-electron chi connectivity index (χ3n) is 3.09. The van der Waals surface area contributed by atoms with Gasteiger partial charge >= 0.3 is 0 Å². The van der Waals surface area contributed by atoms with E-state index in [0.29, 0.717) is 25.0 Å². The van der Waals surface area contributed by atoms with Crippen molar-refractivity contribution in [2.24, 2.45) is 5.73 Å². The smallest absolute Gasteiger partial charge is 0.226 e. The van der Waals surface area contributed by atoms with Crippen LogP contribution in [0.2, 0.25) is 0 Å². The van der Waals surface area contributed by atoms with Crippen molar-refractivity contribution < 1.29 is 4.74 Å². The topological polar surface area (TPSA) is 73.1 Å². The Labute approximate surface area is 125 Å². The molecular formula is C16H22N4O. The Hall–Kier alpha value is -2.14. The van der Waals surface area contributed by atoms with Gasteiger partial charge in [0.2, 0.25) is 11.8 Å². The molecule has 3 N–H and O–H groups in total. The lowest BCUT2D eigenvalue weighted by Crippen LogP contribution is -2.16. The van der Waals surface area contributed by atoms with Gasteiger partial charge in [-0.25, -0.2) is 4.98 Å². The summed E-state index contributed by atoms with van der Waals surface area (Å²) < 4.78 is 5.41. The van der Waals surface area contributed by atoms with Gasteiger partial charge < -0.3 is 15.8 Å². The second-order valence-corrected chi connectivity index (χ2v) is 4.84. The van der Waals surface area contributed by atoms with Crippen molar-refractivity contribution in [3.63, 3.8) is 0 Å². The predicted molar refractivity (Wildman–Crippen MR) is 84.4 cm³/mol. The van der Waals surface area contributed by atoms with Gasteiger partial charge in [-0.3, -0.25) is 0 Å². The van der Waals surface area contributed by atoms with Crippen molar-refractivity contribution in [3.05, 3.63) is 47.7 Å². The molecule has 1 atom stereocenters. The molecule has 0 fully saturated rings. The van der Waals surface area contributed by atoms with E-state index in [1.54, 1.807) is 0 Å². The zero-order valence-electron chi connectivity index (χ0n) is 12.5. The molecule has 5 heteroatoms. The summed E-state index contributed by atoms with van der Waals surface area (Å²) >= 11 is 0. The molecule has 2 rings (SSSR count). The van der Waals surface area contributed by atoms with Gasteiger partial charge in [0.15, 0.2) is 0 Å². The minimum absolute atomic E-state index is 0.00914. The van der Waals surface area contributed by atoms with Crippen molar-refractivity contribution in [2.45, 2.75) is 26.3 Å². The van der Waals surface area contributed by atoms with E-state index in [9.17, 15) is 0 Å². The van der Waals surface area contributed by atoms with Crippen molar-refractivity contribution in [3.8, 4) is 5.88 Å². The minimum atomic E-state index is 0.00914. The number of anilines is 1. The highest BCUT2D eigenvalue weighted by atomic mass is 16.5. The van der Waals surface area contributed by atoms with Crippen LogP contribution in [-0.4, -0.2) is 23.1 Å². The van der Waals surface area contributed by atoms with Crippen LogP contribution in [0, 0.1) is 6.92 Å². The fourth-order valence-corrected chi connectivity index (χ4v) is 2.05. The molecule has 1 unspecified atom stereocenters. The Balaban J connectivity index is 1.88. The zero-order chi connectivity index (χ0) is 15.1. The fraction of sp³-hybridized carbons (Fsp3) is 0.375. The van der Waals surface area contributed by atoms with Crippen LogP contribution in [-0.2, 0) is 0 Å². The highest BCUT2D eigenvalue weighted by Gasteiger charge is 2.06. The largest absolute Gasteiger partial charge is 0.478 e. The molecule has 0 aliphatic heterocycles. The van der Waals surface area contributed by atoms with Gasteiger partial charge in [-0.1, -0.05) is 30.3 Å². The maximum absolute atomic E-state index is 6.16. The highest BCUT2D eigenvalue weighted by Crippen LogP contribution is 2.15. The summed E-state index contributed by atoms with van der Waals surface area (Å²) in [5, 5.41) is 3.20. The molecule has 0 aliphatic carbocycles. The van der Waals surface area contributed by atoms with E-state index in [4.69, 9.17) is 10.5 Å². The minimum Gasteiger partial charge on any atom is -0.478 e. The average molecular weight is 286 g/mol. The molecule has 0 aliphatic rings. The number of hydrogen-bond acceptors (Lipinski definition) is 5. The molecule has 0 radical (unpaired) electrons. The van der Waals surface area contributed by atoms with Crippen LogP contribution in [0.1, 0.15) is 30.6 Å². The summed E-state index contributed by atoms with van der Waals surface area (Å²) in [5.41, 5.74) is 8.18. The van der Waals surface area contributed by atoms with E-state index in [1.807, 2.05) is 50.2 Å². The monoisotopic (exact) mass is 286 g/mol. The van der Waals surface area contributed by atoms with Gasteiger partial charge in [0, 0.05) is 24.3 Å². The summed E-state index contributed by atoms with van der Waals surface area (Å²) in [4.78, 5) is 8.65. The first-order valence-electron chi connectivity index (χ1n) is 7.22. The van der Waals surface area contributed by atoms with E-state index in [2.05, 4.69) is 15.3 Å². The van der Waals surface area contributed by atoms with Crippen LogP contribution in [0.3, 0.4) is 0 Å². The van der Waals surface area contributed by atoms with E-state index < -0.39 is 0 Å². The number of aromatic nitrogens is 2. The summed E-state index contributed by atoms with van der Waals surface area (Å²) in [6.07, 6.45) is 0.811. The molecule has 5 nitrogen and oxygen atoms in total. The van der Waals surface area contributed by atoms with Gasteiger partial charge in [-0.2, -0.15) is 4.98 Å². The van der Waals surface area contributed by atoms with Crippen LogP contribution < -0.4 is 15.8 Å². The number of ether oxygens (including phenoxy) is 1. The highest BCUT2D eigenvalue weighted by molar-refractivity contribution is 5.30. The molecule has 112 valence electrons. The lowest BCUT2D eigenvalue weighted by molar-refractivity contribution is 0.326. The summed E-state index contributed by atoms with van der Waals surface area (Å²) in [6.45, 7) is 5.16. The number of rotatable bonds is 7. The molecule has 1 aromatic carbocycles. The SMILES string of the molecule is CCOc1cc(C)nc(NCCC(N)c2ccccc2)n1. The lowest BCUT2D eigenvalue weighted by Gasteiger charge is -2.13. The molecule has 0 saturated carbocycles. The first-order chi connectivity index (χ1) is 10.2. The third-order valence-corrected chi connectivity index (χ3v) is 3.09. The van der Waals surface area contributed by atoms with Gasteiger partial charge in [0.25, 0.3) is 0 Å². The molecule has 0 spiro atoms. The van der Waals surface area contributed by atoms with E-state index in [1.165, 1.54) is 0 Å². The maximum Gasteiger partial charge on any atom is 0.226 e. The van der Waals surface area contributed by atoms with Gasteiger partial charge in [0.1, 0.15) is 0 Å². The van der Waals surface area contributed by atoms with Gasteiger partial charge in [-0.05, 0) is 25.8 Å². The standard InChI is InChI=1S/C16H22N4O/c1-3-21-15-11-12(2)19-16(20-15)18-10-9-14(17)13-7-5-4-6-8-13/h4-8,11,14H,3,9-10,17H2,1-2H3,(H,18,19,20). The van der Waals surface area contributed by atoms with Crippen molar-refractivity contribution in [1.82, 2.24) is 9.97 Å². The Bertz CT molecular complexity index is 559. The normalized spacial score (nSPS) is 12.0. The van der Waals surface area contributed by atoms with Gasteiger partial charge in [0.05, 0.1) is 6.61 Å². The van der Waals surface area contributed by atoms with Crippen molar-refractivity contribution in [1.29, 1.82) is 0 Å². The predicted octanol–water partition coefficient (Wildman–Crippen LogP) is 2.69. The van der Waals surface area contributed by atoms with Crippen molar-refractivity contribution in [2.75, 3.05) is 18.5 Å². The molecule has 0 saturated heterocycles. The second kappa shape index (κ2) is 7.59. The van der Waals surface area contributed by atoms with E-state index >= 15 is 0 Å². The quantitative estimate of drug-likeness (QED) is 0.818. The molecule has 1 heterocycles. The fourth-order valence-electron chi connectivity index (χ4n) is 2.05. The van der Waals surface area contributed by atoms with E-state index in [0.717, 1.165) is 17.7 Å². The summed E-state index contributed by atoms with van der Waals surface area (Å²) in [6, 6.07) is 11.9. The van der Waals surface area contributed by atoms with E-state index in [-0.39, 0.29) is 6.04 Å². The van der Waals surface area contributed by atoms with Gasteiger partial charge in [-0.15, -0.1) is 0 Å². The van der Waals surface area contributed by atoms with Crippen LogP contribution in [0.25, 0.3) is 0 Å². The lowest BCUT2D eigenvalue weighted by atomic mass is 10.1. The Morgan fingerprint density at radius 3 is 2.71 bits per heavy atom. The first kappa shape index (κ1) is 15.3. The first-order valence-corrected chi connectivity index (χ1v) is 7.22. The van der Waals surface area contributed by atoms with Crippen LogP contribution in [0.5, 0.6) is 5.88 Å². The molecule has 0 bridgehead atoms. The molecule has 0 amide bonds. The number of aryl methyl sites for hydroxylation is 1. The molecular weight excluding hydrogens is 264 g/mol. The number of nitrogens with two attached hydrogens (primary N) is 1. The number of nitrogens with one attached hydrogen (secondary N) is 1. The Morgan fingerprint density at radius 1 is 1.24 bits per heavy atom. The summed E-state index contributed by atoms with van der Waals surface area (Å²) in [7, 11) is 0. The molecule has 21 heavy (non-hydrogen) atoms. The maximum atomic E-state index is 6.16. The Kier molecular flexibility index (Phi) is 5.51. The van der Waals surface area contributed by atoms with Crippen LogP contribution >= 0.6 is 0 Å². The van der Waals surface area contributed by atoms with Crippen LogP contribution in [0.15, 0.2) is 36.4 Å². The number of nitrogens with zero attached hydrogens (tertiary/aromatic N) is 2. The van der Waals surface area contributed by atoms with Crippen molar-refractivity contribution >= 4 is 5.95 Å². The second-order valence-electron chi connectivity index (χ2n) is 4.84. The molecule has 2 aromatic rings. The number of benzene rings is 1. The summed E-state index contributed by atoms with van der Waals surface area (Å²) in [5.74, 6) is 1.18. The average Bonchev–Trinajstić information content (AvgIpc) is 2.48. The molecule has 1 aromatic heterocycles. The van der Waals surface area contributed by atoms with Crippen LogP contribution in [0.4, 0.5) is 5.95 Å². The Morgan fingerprint density at radius 2 is 2.00 bits per heavy atom.